The van der Waals surface area contributed by atoms with Crippen molar-refractivity contribution in [1.29, 1.82) is 0 Å². The van der Waals surface area contributed by atoms with Gasteiger partial charge in [0.2, 0.25) is 0 Å². The Balaban J connectivity index is 1.61. The second-order valence-electron chi connectivity index (χ2n) is 11.2. The molecule has 28 heavy (non-hydrogen) atoms. The van der Waals surface area contributed by atoms with Crippen molar-refractivity contribution in [2.75, 3.05) is 6.54 Å². The van der Waals surface area contributed by atoms with E-state index in [9.17, 15) is 0 Å². The van der Waals surface area contributed by atoms with Gasteiger partial charge in [-0.05, 0) is 67.1 Å². The molecule has 8 atom stereocenters. The van der Waals surface area contributed by atoms with Gasteiger partial charge >= 0.3 is 0 Å². The topological polar surface area (TPSA) is 15.3 Å². The molecular weight excluding hydrogens is 340 g/mol. The van der Waals surface area contributed by atoms with Gasteiger partial charge in [-0.1, -0.05) is 80.1 Å². The van der Waals surface area contributed by atoms with Crippen LogP contribution in [0.3, 0.4) is 0 Å². The molecule has 3 rings (SSSR count). The molecule has 0 amide bonds. The summed E-state index contributed by atoms with van der Waals surface area (Å²) < 4.78 is 0. The minimum absolute atomic E-state index is 0.765. The maximum atomic E-state index is 4.04. The van der Waals surface area contributed by atoms with E-state index in [1.807, 2.05) is 0 Å². The van der Waals surface area contributed by atoms with Crippen LogP contribution in [0, 0.1) is 41.4 Å². The van der Waals surface area contributed by atoms with Gasteiger partial charge in [0.15, 0.2) is 0 Å². The van der Waals surface area contributed by atoms with Gasteiger partial charge in [-0.2, -0.15) is 0 Å². The molecule has 2 heteroatoms. The Labute approximate surface area is 176 Å². The molecular formula is C26H50N2. The normalized spacial score (nSPS) is 37.3. The van der Waals surface area contributed by atoms with Crippen molar-refractivity contribution in [3.8, 4) is 0 Å². The Bertz CT molecular complexity index is 457. The first kappa shape index (κ1) is 22.6. The molecule has 2 nitrogen and oxygen atoms in total. The second kappa shape index (κ2) is 10.3. The molecule has 1 N–H and O–H groups in total. The summed E-state index contributed by atoms with van der Waals surface area (Å²) in [6.07, 6.45) is 14.3. The van der Waals surface area contributed by atoms with E-state index in [1.54, 1.807) is 0 Å². The quantitative estimate of drug-likeness (QED) is 0.436. The fourth-order valence-corrected chi connectivity index (χ4v) is 7.09. The van der Waals surface area contributed by atoms with Crippen LogP contribution in [-0.4, -0.2) is 23.6 Å². The van der Waals surface area contributed by atoms with Gasteiger partial charge in [0, 0.05) is 18.6 Å². The highest BCUT2D eigenvalue weighted by atomic mass is 15.6. The maximum Gasteiger partial charge on any atom is 0.0281 e. The zero-order valence-electron chi connectivity index (χ0n) is 19.9. The van der Waals surface area contributed by atoms with Gasteiger partial charge in [0.05, 0.1) is 0 Å². The molecule has 0 spiro atoms. The molecule has 8 unspecified atom stereocenters. The molecule has 0 aromatic heterocycles. The summed E-state index contributed by atoms with van der Waals surface area (Å²) in [5.74, 6) is 6.33. The number of nitrogens with one attached hydrogen (secondary N) is 1. The van der Waals surface area contributed by atoms with Crippen LogP contribution in [0.5, 0.6) is 0 Å². The summed E-state index contributed by atoms with van der Waals surface area (Å²) in [5, 5.41) is 2.81. The fourth-order valence-electron chi connectivity index (χ4n) is 7.09. The smallest absolute Gasteiger partial charge is 0.0281 e. The predicted octanol–water partition coefficient (Wildman–Crippen LogP) is 6.90. The summed E-state index contributed by atoms with van der Waals surface area (Å²) >= 11 is 0. The lowest BCUT2D eigenvalue weighted by Crippen LogP contribution is -2.49. The van der Waals surface area contributed by atoms with Gasteiger partial charge in [-0.25, -0.2) is 5.01 Å². The Morgan fingerprint density at radius 2 is 1.68 bits per heavy atom. The van der Waals surface area contributed by atoms with Crippen LogP contribution in [0.4, 0.5) is 0 Å². The van der Waals surface area contributed by atoms with E-state index in [-0.39, 0.29) is 0 Å². The highest BCUT2D eigenvalue weighted by Gasteiger charge is 2.51. The van der Waals surface area contributed by atoms with E-state index in [0.717, 1.165) is 53.5 Å². The number of rotatable bonds is 10. The predicted molar refractivity (Wildman–Crippen MR) is 122 cm³/mol. The molecule has 0 aromatic rings. The first-order valence-electron chi connectivity index (χ1n) is 13.0. The Hall–Kier alpha value is -0.0800. The Morgan fingerprint density at radius 3 is 2.32 bits per heavy atom. The van der Waals surface area contributed by atoms with E-state index in [2.05, 4.69) is 52.0 Å². The molecule has 1 saturated heterocycles. The monoisotopic (exact) mass is 390 g/mol. The average Bonchev–Trinajstić information content (AvgIpc) is 3.40. The SMILES string of the molecule is CCCC1C(C)C2CC(C(C)CC(C)CC)CC2N1NCC(C)C1CCCC1. The van der Waals surface area contributed by atoms with Crippen LogP contribution in [0.15, 0.2) is 0 Å². The van der Waals surface area contributed by atoms with Crippen molar-refractivity contribution < 1.29 is 0 Å². The van der Waals surface area contributed by atoms with Crippen molar-refractivity contribution in [1.82, 2.24) is 10.4 Å². The van der Waals surface area contributed by atoms with Crippen molar-refractivity contribution in [2.45, 2.75) is 118 Å². The highest BCUT2D eigenvalue weighted by molar-refractivity contribution is 5.03. The number of nitrogens with zero attached hydrogens (tertiary/aromatic N) is 1. The third-order valence-corrected chi connectivity index (χ3v) is 9.27. The molecule has 164 valence electrons. The Kier molecular flexibility index (Phi) is 8.31. The number of hydrogen-bond donors (Lipinski definition) is 1. The molecule has 3 aliphatic rings. The molecule has 0 radical (unpaired) electrons. The third-order valence-electron chi connectivity index (χ3n) is 9.27. The summed E-state index contributed by atoms with van der Waals surface area (Å²) in [6.45, 7) is 16.0. The number of fused-ring (bicyclic) bond motifs is 1. The lowest BCUT2D eigenvalue weighted by atomic mass is 9.81. The van der Waals surface area contributed by atoms with Crippen LogP contribution in [0.25, 0.3) is 0 Å². The zero-order chi connectivity index (χ0) is 20.3. The van der Waals surface area contributed by atoms with Crippen molar-refractivity contribution in [3.63, 3.8) is 0 Å². The summed E-state index contributed by atoms with van der Waals surface area (Å²) in [5.41, 5.74) is 4.04. The Morgan fingerprint density at radius 1 is 0.964 bits per heavy atom. The average molecular weight is 391 g/mol. The van der Waals surface area contributed by atoms with Crippen LogP contribution in [0.2, 0.25) is 0 Å². The lowest BCUT2D eigenvalue weighted by Gasteiger charge is -2.34. The van der Waals surface area contributed by atoms with E-state index < -0.39 is 0 Å². The molecule has 2 saturated carbocycles. The van der Waals surface area contributed by atoms with Crippen molar-refractivity contribution in [3.05, 3.63) is 0 Å². The zero-order valence-corrected chi connectivity index (χ0v) is 19.9. The molecule has 3 fully saturated rings. The number of hydrazine groups is 1. The largest absolute Gasteiger partial charge is 0.254 e. The minimum atomic E-state index is 0.765. The van der Waals surface area contributed by atoms with Crippen molar-refractivity contribution in [2.24, 2.45) is 41.4 Å². The maximum absolute atomic E-state index is 4.04. The molecule has 1 aliphatic heterocycles. The van der Waals surface area contributed by atoms with E-state index in [0.29, 0.717) is 0 Å². The molecule has 0 aromatic carbocycles. The summed E-state index contributed by atoms with van der Waals surface area (Å²) in [4.78, 5) is 0. The standard InChI is InChI=1S/C26H50N2/c1-7-11-25-21(6)24-15-23(19(4)14-18(3)8-2)16-26(24)28(25)27-17-20(5)22-12-9-10-13-22/h18-27H,7-17H2,1-6H3. The van der Waals surface area contributed by atoms with Crippen molar-refractivity contribution >= 4 is 0 Å². The lowest BCUT2D eigenvalue weighted by molar-refractivity contribution is 0.0801. The molecule has 0 bridgehead atoms. The van der Waals surface area contributed by atoms with E-state index >= 15 is 0 Å². The summed E-state index contributed by atoms with van der Waals surface area (Å²) in [6, 6.07) is 1.56. The number of hydrogen-bond acceptors (Lipinski definition) is 2. The van der Waals surface area contributed by atoms with Gasteiger partial charge in [0.1, 0.15) is 0 Å². The molecule has 1 heterocycles. The first-order chi connectivity index (χ1) is 13.5. The highest BCUT2D eigenvalue weighted by Crippen LogP contribution is 2.50. The van der Waals surface area contributed by atoms with Gasteiger partial charge in [0.25, 0.3) is 0 Å². The van der Waals surface area contributed by atoms with Crippen LogP contribution in [0.1, 0.15) is 106 Å². The first-order valence-corrected chi connectivity index (χ1v) is 13.0. The van der Waals surface area contributed by atoms with Gasteiger partial charge in [-0.3, -0.25) is 5.43 Å². The van der Waals surface area contributed by atoms with E-state index in [1.165, 1.54) is 70.8 Å². The van der Waals surface area contributed by atoms with Crippen LogP contribution >= 0.6 is 0 Å². The fraction of sp³-hybridized carbons (Fsp3) is 1.00. The molecule has 2 aliphatic carbocycles. The minimum Gasteiger partial charge on any atom is -0.254 e. The second-order valence-corrected chi connectivity index (χ2v) is 11.2. The summed E-state index contributed by atoms with van der Waals surface area (Å²) in [7, 11) is 0. The van der Waals surface area contributed by atoms with Gasteiger partial charge in [-0.15, -0.1) is 0 Å². The van der Waals surface area contributed by atoms with Crippen LogP contribution < -0.4 is 5.43 Å². The van der Waals surface area contributed by atoms with Gasteiger partial charge < -0.3 is 0 Å². The van der Waals surface area contributed by atoms with Crippen LogP contribution in [-0.2, 0) is 0 Å². The van der Waals surface area contributed by atoms with E-state index in [4.69, 9.17) is 0 Å². The third kappa shape index (κ3) is 4.97.